The smallest absolute Gasteiger partial charge is 0.150 e. The van der Waals surface area contributed by atoms with Gasteiger partial charge in [-0.2, -0.15) is 0 Å². The molecule has 0 radical (unpaired) electrons. The number of hydrogen-bond acceptors (Lipinski definition) is 3. The first-order valence-electron chi connectivity index (χ1n) is 4.16. The minimum Gasteiger partial charge on any atom is -0.395 e. The van der Waals surface area contributed by atoms with Gasteiger partial charge in [0, 0.05) is 11.0 Å². The molecule has 0 bridgehead atoms. The highest BCUT2D eigenvalue weighted by Gasteiger charge is 2.21. The van der Waals surface area contributed by atoms with Crippen LogP contribution < -0.4 is 5.73 Å². The molecular formula is C9H9F2NOS. The van der Waals surface area contributed by atoms with Crippen molar-refractivity contribution in [3.63, 3.8) is 0 Å². The average Bonchev–Trinajstić information content (AvgIpc) is 2.05. The molecule has 5 heteroatoms. The van der Waals surface area contributed by atoms with Crippen molar-refractivity contribution in [1.82, 2.24) is 0 Å². The predicted octanol–water partition coefficient (Wildman–Crippen LogP) is 2.04. The van der Waals surface area contributed by atoms with E-state index in [2.05, 4.69) is 0 Å². The number of nitrogen functional groups attached to an aromatic ring is 1. The zero-order chi connectivity index (χ0) is 10.1. The van der Waals surface area contributed by atoms with E-state index in [1.54, 1.807) is 0 Å². The molecule has 1 aliphatic heterocycles. The third kappa shape index (κ3) is 1.83. The maximum atomic E-state index is 13.0. The van der Waals surface area contributed by atoms with Crippen molar-refractivity contribution < 1.29 is 13.5 Å². The highest BCUT2D eigenvalue weighted by Crippen LogP contribution is 2.33. The molecule has 0 saturated carbocycles. The molecule has 2 N–H and O–H groups in total. The summed E-state index contributed by atoms with van der Waals surface area (Å²) < 4.78 is 30.8. The Morgan fingerprint density at radius 1 is 1.36 bits per heavy atom. The number of anilines is 1. The van der Waals surface area contributed by atoms with Crippen LogP contribution >= 0.6 is 11.8 Å². The fraction of sp³-hybridized carbons (Fsp3) is 0.333. The van der Waals surface area contributed by atoms with Gasteiger partial charge < -0.3 is 10.5 Å². The first-order chi connectivity index (χ1) is 6.66. The first kappa shape index (κ1) is 9.73. The van der Waals surface area contributed by atoms with E-state index < -0.39 is 11.6 Å². The van der Waals surface area contributed by atoms with Gasteiger partial charge in [-0.3, -0.25) is 0 Å². The Morgan fingerprint density at radius 3 is 2.64 bits per heavy atom. The van der Waals surface area contributed by atoms with Crippen LogP contribution in [0.1, 0.15) is 0 Å². The Balaban J connectivity index is 2.22. The van der Waals surface area contributed by atoms with Crippen LogP contribution in [0.2, 0.25) is 0 Å². The summed E-state index contributed by atoms with van der Waals surface area (Å²) in [7, 11) is 0. The van der Waals surface area contributed by atoms with Crippen molar-refractivity contribution in [2.24, 2.45) is 0 Å². The summed E-state index contributed by atoms with van der Waals surface area (Å²) in [6.45, 7) is 1.23. The third-order valence-corrected chi connectivity index (χ3v) is 3.15. The van der Waals surface area contributed by atoms with Crippen molar-refractivity contribution in [2.75, 3.05) is 18.9 Å². The van der Waals surface area contributed by atoms with E-state index >= 15 is 0 Å². The van der Waals surface area contributed by atoms with Crippen LogP contribution in [0, 0.1) is 11.6 Å². The topological polar surface area (TPSA) is 35.2 Å². The van der Waals surface area contributed by atoms with Crippen LogP contribution in [-0.2, 0) is 4.74 Å². The van der Waals surface area contributed by atoms with Gasteiger partial charge in [-0.1, -0.05) is 0 Å². The predicted molar refractivity (Wildman–Crippen MR) is 51.2 cm³/mol. The first-order valence-corrected chi connectivity index (χ1v) is 5.03. The van der Waals surface area contributed by atoms with Crippen molar-refractivity contribution in [1.29, 1.82) is 0 Å². The van der Waals surface area contributed by atoms with Crippen LogP contribution in [0.25, 0.3) is 0 Å². The molecule has 0 amide bonds. The van der Waals surface area contributed by atoms with Gasteiger partial charge in [0.1, 0.15) is 11.6 Å². The van der Waals surface area contributed by atoms with Crippen molar-refractivity contribution in [3.05, 3.63) is 23.8 Å². The number of ether oxygens (including phenoxy) is 1. The second kappa shape index (κ2) is 3.74. The minimum absolute atomic E-state index is 0.0169. The second-order valence-electron chi connectivity index (χ2n) is 3.08. The molecule has 1 aromatic carbocycles. The van der Waals surface area contributed by atoms with Crippen LogP contribution in [0.5, 0.6) is 0 Å². The fourth-order valence-corrected chi connectivity index (χ4v) is 2.21. The third-order valence-electron chi connectivity index (χ3n) is 1.96. The lowest BCUT2D eigenvalue weighted by Gasteiger charge is -2.25. The maximum absolute atomic E-state index is 13.0. The normalized spacial score (nSPS) is 16.7. The Hall–Kier alpha value is -0.810. The van der Waals surface area contributed by atoms with Gasteiger partial charge in [-0.25, -0.2) is 8.78 Å². The maximum Gasteiger partial charge on any atom is 0.150 e. The van der Waals surface area contributed by atoms with Crippen molar-refractivity contribution in [3.8, 4) is 0 Å². The Kier molecular flexibility index (Phi) is 2.60. The Bertz CT molecular complexity index is 355. The summed E-state index contributed by atoms with van der Waals surface area (Å²) in [6, 6.07) is 2.04. The Labute approximate surface area is 84.4 Å². The number of nitrogens with two attached hydrogens (primary N) is 1. The monoisotopic (exact) mass is 217 g/mol. The summed E-state index contributed by atoms with van der Waals surface area (Å²) in [6.07, 6.45) is 0. The molecule has 1 aromatic rings. The number of hydrogen-bond donors (Lipinski definition) is 1. The van der Waals surface area contributed by atoms with E-state index in [0.717, 1.165) is 6.07 Å². The molecule has 1 heterocycles. The molecule has 76 valence electrons. The van der Waals surface area contributed by atoms with Gasteiger partial charge in [0.15, 0.2) is 0 Å². The Morgan fingerprint density at radius 2 is 2.07 bits per heavy atom. The highest BCUT2D eigenvalue weighted by atomic mass is 32.2. The fourth-order valence-electron chi connectivity index (χ4n) is 1.12. The summed E-state index contributed by atoms with van der Waals surface area (Å²) >= 11 is 1.36. The van der Waals surface area contributed by atoms with E-state index in [9.17, 15) is 8.78 Å². The molecule has 1 fully saturated rings. The number of halogens is 2. The molecule has 1 saturated heterocycles. The van der Waals surface area contributed by atoms with Gasteiger partial charge >= 0.3 is 0 Å². The number of thioether (sulfide) groups is 1. The van der Waals surface area contributed by atoms with Gasteiger partial charge in [-0.05, 0) is 6.07 Å². The average molecular weight is 217 g/mol. The van der Waals surface area contributed by atoms with E-state index in [1.807, 2.05) is 0 Å². The molecular weight excluding hydrogens is 208 g/mol. The highest BCUT2D eigenvalue weighted by molar-refractivity contribution is 8.00. The lowest BCUT2D eigenvalue weighted by Crippen LogP contribution is -2.30. The SMILES string of the molecule is Nc1c(F)cc(F)cc1SC1COC1. The molecule has 2 nitrogen and oxygen atoms in total. The molecule has 1 aliphatic rings. The largest absolute Gasteiger partial charge is 0.395 e. The van der Waals surface area contributed by atoms with Gasteiger partial charge in [0.05, 0.1) is 24.2 Å². The quantitative estimate of drug-likeness (QED) is 0.770. The van der Waals surface area contributed by atoms with Crippen LogP contribution in [0.15, 0.2) is 17.0 Å². The summed E-state index contributed by atoms with van der Waals surface area (Å²) in [5, 5.41) is 0.262. The summed E-state index contributed by atoms with van der Waals surface area (Å²) in [5.41, 5.74) is 5.49. The summed E-state index contributed by atoms with van der Waals surface area (Å²) in [4.78, 5) is 0.454. The van der Waals surface area contributed by atoms with E-state index in [1.165, 1.54) is 17.8 Å². The standard InChI is InChI=1S/C9H9F2NOS/c10-5-1-7(11)9(12)8(2-5)14-6-3-13-4-6/h1-2,6H,3-4,12H2. The van der Waals surface area contributed by atoms with E-state index in [4.69, 9.17) is 10.5 Å². The number of rotatable bonds is 2. The zero-order valence-corrected chi connectivity index (χ0v) is 8.11. The van der Waals surface area contributed by atoms with Gasteiger partial charge in [-0.15, -0.1) is 11.8 Å². The minimum atomic E-state index is -0.701. The van der Waals surface area contributed by atoms with Crippen LogP contribution in [0.4, 0.5) is 14.5 Å². The molecule has 0 aromatic heterocycles. The van der Waals surface area contributed by atoms with E-state index in [-0.39, 0.29) is 10.9 Å². The summed E-state index contributed by atoms with van der Waals surface area (Å²) in [5.74, 6) is -1.30. The molecule has 0 unspecified atom stereocenters. The molecule has 0 aliphatic carbocycles. The molecule has 14 heavy (non-hydrogen) atoms. The van der Waals surface area contributed by atoms with Gasteiger partial charge in [0.2, 0.25) is 0 Å². The van der Waals surface area contributed by atoms with Crippen LogP contribution in [0.3, 0.4) is 0 Å². The van der Waals surface area contributed by atoms with Gasteiger partial charge in [0.25, 0.3) is 0 Å². The van der Waals surface area contributed by atoms with Crippen molar-refractivity contribution in [2.45, 2.75) is 10.1 Å². The number of benzene rings is 1. The molecule has 2 rings (SSSR count). The van der Waals surface area contributed by atoms with Crippen LogP contribution in [-0.4, -0.2) is 18.5 Å². The molecule has 0 spiro atoms. The lowest BCUT2D eigenvalue weighted by molar-refractivity contribution is 0.0455. The zero-order valence-electron chi connectivity index (χ0n) is 7.30. The molecule has 0 atom stereocenters. The lowest BCUT2D eigenvalue weighted by atomic mass is 10.3. The van der Waals surface area contributed by atoms with Crippen molar-refractivity contribution >= 4 is 17.4 Å². The second-order valence-corrected chi connectivity index (χ2v) is 4.42. The van der Waals surface area contributed by atoms with E-state index in [0.29, 0.717) is 18.1 Å².